The van der Waals surface area contributed by atoms with Gasteiger partial charge in [-0.15, -0.1) is 0 Å². The van der Waals surface area contributed by atoms with Crippen LogP contribution in [0, 0.1) is 0 Å². The highest BCUT2D eigenvalue weighted by Gasteiger charge is 1.84. The second-order valence-electron chi connectivity index (χ2n) is 1.70. The summed E-state index contributed by atoms with van der Waals surface area (Å²) in [6.45, 7) is 2.15. The van der Waals surface area contributed by atoms with E-state index in [-0.39, 0.29) is 9.45 Å². The summed E-state index contributed by atoms with van der Waals surface area (Å²) in [5.74, 6) is 1.10. The minimum Gasteiger partial charge on any atom is -0.205 e. The molecule has 3 heteroatoms. The van der Waals surface area contributed by atoms with Gasteiger partial charge in [0, 0.05) is 0 Å². The van der Waals surface area contributed by atoms with E-state index in [9.17, 15) is 4.21 Å². The monoisotopic (exact) mass is 152 g/mol. The average Bonchev–Trinajstić information content (AvgIpc) is 1.83. The minimum atomic E-state index is 0.0842. The van der Waals surface area contributed by atoms with Gasteiger partial charge in [0.2, 0.25) is 0 Å². The second kappa shape index (κ2) is 5.51. The van der Waals surface area contributed by atoms with Crippen molar-refractivity contribution in [2.75, 3.05) is 12.0 Å². The van der Waals surface area contributed by atoms with E-state index in [0.717, 1.165) is 16.0 Å². The van der Waals surface area contributed by atoms with Gasteiger partial charge in [-0.2, -0.15) is 0 Å². The maximum atomic E-state index is 10.1. The first-order chi connectivity index (χ1) is 3.81. The molecule has 1 atom stereocenters. The molecule has 0 rings (SSSR count). The highest BCUT2D eigenvalue weighted by Crippen LogP contribution is 1.88. The molecular weight excluding hydrogens is 140 g/mol. The van der Waals surface area contributed by atoms with Gasteiger partial charge >= 0.3 is 0 Å². The predicted molar refractivity (Wildman–Crippen MR) is 41.2 cm³/mol. The molecule has 8 heavy (non-hydrogen) atoms. The number of hydrogen-bond donors (Lipinski definition) is 0. The Kier molecular flexibility index (Phi) is 5.76. The van der Waals surface area contributed by atoms with Crippen molar-refractivity contribution in [3.63, 3.8) is 0 Å². The minimum absolute atomic E-state index is 0.0842. The van der Waals surface area contributed by atoms with Crippen molar-refractivity contribution in [2.24, 2.45) is 0 Å². The molecule has 0 aromatic heterocycles. The van der Waals surface area contributed by atoms with E-state index in [2.05, 4.69) is 6.92 Å². The molecular formula is C5H12OS2. The summed E-state index contributed by atoms with van der Waals surface area (Å²) in [4.78, 5) is 0. The van der Waals surface area contributed by atoms with E-state index < -0.39 is 0 Å². The predicted octanol–water partition coefficient (Wildman–Crippen LogP) is 1.16. The van der Waals surface area contributed by atoms with Crippen molar-refractivity contribution >= 4 is 19.7 Å². The largest absolute Gasteiger partial charge is 0.205 e. The average molecular weight is 152 g/mol. The lowest BCUT2D eigenvalue weighted by Crippen LogP contribution is -1.91. The molecule has 1 unspecified atom stereocenters. The van der Waals surface area contributed by atoms with E-state index in [1.807, 2.05) is 6.26 Å². The first kappa shape index (κ1) is 8.37. The van der Waals surface area contributed by atoms with Crippen LogP contribution in [0.3, 0.4) is 0 Å². The lowest BCUT2D eigenvalue weighted by Gasteiger charge is -1.91. The Morgan fingerprint density at radius 2 is 2.25 bits per heavy atom. The topological polar surface area (TPSA) is 17.1 Å². The summed E-state index contributed by atoms with van der Waals surface area (Å²) in [6, 6.07) is 0. The first-order valence-electron chi connectivity index (χ1n) is 2.74. The third-order valence-corrected chi connectivity index (χ3v) is 3.19. The lowest BCUT2D eigenvalue weighted by molar-refractivity contribution is 0.701. The van der Waals surface area contributed by atoms with Gasteiger partial charge in [-0.25, -0.2) is 4.21 Å². The Labute approximate surface area is 56.2 Å². The molecule has 0 heterocycles. The van der Waals surface area contributed by atoms with Crippen molar-refractivity contribution in [3.8, 4) is 0 Å². The molecule has 0 aliphatic heterocycles. The van der Waals surface area contributed by atoms with Crippen LogP contribution in [0.1, 0.15) is 19.8 Å². The molecule has 0 radical (unpaired) electrons. The SMILES string of the molecule is CCCCS(C)=S=O. The van der Waals surface area contributed by atoms with Crippen LogP contribution in [0.25, 0.3) is 0 Å². The summed E-state index contributed by atoms with van der Waals surface area (Å²) < 4.78 is 10.1. The van der Waals surface area contributed by atoms with E-state index in [1.54, 1.807) is 0 Å². The number of unbranched alkanes of at least 4 members (excludes halogenated alkanes) is 1. The van der Waals surface area contributed by atoms with Crippen LogP contribution < -0.4 is 0 Å². The summed E-state index contributed by atoms with van der Waals surface area (Å²) in [5, 5.41) is 0. The zero-order chi connectivity index (χ0) is 6.41. The highest BCUT2D eigenvalue weighted by molar-refractivity contribution is 8.30. The van der Waals surface area contributed by atoms with Crippen LogP contribution in [0.15, 0.2) is 0 Å². The Balaban J connectivity index is 3.26. The van der Waals surface area contributed by atoms with E-state index in [1.165, 1.54) is 12.8 Å². The van der Waals surface area contributed by atoms with E-state index >= 15 is 0 Å². The Morgan fingerprint density at radius 3 is 2.62 bits per heavy atom. The van der Waals surface area contributed by atoms with Crippen molar-refractivity contribution < 1.29 is 4.21 Å². The van der Waals surface area contributed by atoms with E-state index in [0.29, 0.717) is 0 Å². The van der Waals surface area contributed by atoms with Gasteiger partial charge in [-0.3, -0.25) is 0 Å². The molecule has 0 saturated heterocycles. The molecule has 50 valence electrons. The van der Waals surface area contributed by atoms with Gasteiger partial charge in [0.15, 0.2) is 0 Å². The van der Waals surface area contributed by atoms with Crippen LogP contribution in [-0.2, 0) is 19.7 Å². The van der Waals surface area contributed by atoms with Crippen LogP contribution >= 0.6 is 0 Å². The fraction of sp³-hybridized carbons (Fsp3) is 1.00. The fourth-order valence-electron chi connectivity index (χ4n) is 0.382. The van der Waals surface area contributed by atoms with Crippen molar-refractivity contribution in [1.82, 2.24) is 0 Å². The molecule has 0 N–H and O–H groups in total. The molecule has 0 spiro atoms. The van der Waals surface area contributed by atoms with Crippen LogP contribution in [0.2, 0.25) is 0 Å². The summed E-state index contributed by atoms with van der Waals surface area (Å²) in [5.41, 5.74) is 0. The van der Waals surface area contributed by atoms with Crippen LogP contribution in [0.5, 0.6) is 0 Å². The normalized spacial score (nSPS) is 13.2. The molecule has 0 fully saturated rings. The molecule has 0 saturated carbocycles. The number of rotatable bonds is 3. The zero-order valence-electron chi connectivity index (χ0n) is 5.35. The highest BCUT2D eigenvalue weighted by atomic mass is 32.8. The van der Waals surface area contributed by atoms with Crippen LogP contribution in [-0.4, -0.2) is 16.2 Å². The second-order valence-corrected chi connectivity index (χ2v) is 5.50. The van der Waals surface area contributed by atoms with Gasteiger partial charge < -0.3 is 0 Å². The van der Waals surface area contributed by atoms with Gasteiger partial charge in [0.05, 0.1) is 0 Å². The van der Waals surface area contributed by atoms with Gasteiger partial charge in [-0.05, 0) is 18.4 Å². The maximum Gasteiger partial charge on any atom is 0.120 e. The molecule has 0 aromatic rings. The standard InChI is InChI=1S/C5H12OS2/c1-3-4-5-8(2)7-6/h3-5H2,1-2H3. The molecule has 0 aromatic carbocycles. The van der Waals surface area contributed by atoms with Gasteiger partial charge in [0.25, 0.3) is 0 Å². The van der Waals surface area contributed by atoms with Crippen LogP contribution in [0.4, 0.5) is 0 Å². The molecule has 1 nitrogen and oxygen atoms in total. The summed E-state index contributed by atoms with van der Waals surface area (Å²) >= 11 is 0. The molecule has 0 bridgehead atoms. The summed E-state index contributed by atoms with van der Waals surface area (Å²) in [6.07, 6.45) is 4.42. The maximum absolute atomic E-state index is 10.1. The smallest absolute Gasteiger partial charge is 0.120 e. The van der Waals surface area contributed by atoms with E-state index in [4.69, 9.17) is 0 Å². The fourth-order valence-corrected chi connectivity index (χ4v) is 1.70. The number of hydrogen-bond acceptors (Lipinski definition) is 1. The third kappa shape index (κ3) is 4.53. The molecule has 0 aliphatic carbocycles. The summed E-state index contributed by atoms with van der Waals surface area (Å²) in [7, 11) is 0.827. The van der Waals surface area contributed by atoms with Crippen molar-refractivity contribution in [2.45, 2.75) is 19.8 Å². The molecule has 0 aliphatic rings. The molecule has 0 amide bonds. The Bertz CT molecular complexity index is 105. The van der Waals surface area contributed by atoms with Gasteiger partial charge in [0.1, 0.15) is 10.2 Å². The third-order valence-electron chi connectivity index (χ3n) is 0.902. The zero-order valence-corrected chi connectivity index (χ0v) is 6.98. The quantitative estimate of drug-likeness (QED) is 0.593. The van der Waals surface area contributed by atoms with Crippen molar-refractivity contribution in [1.29, 1.82) is 0 Å². The lowest BCUT2D eigenvalue weighted by atomic mass is 10.4. The Hall–Kier alpha value is 0.370. The Morgan fingerprint density at radius 1 is 1.62 bits per heavy atom. The van der Waals surface area contributed by atoms with Crippen molar-refractivity contribution in [3.05, 3.63) is 0 Å². The first-order valence-corrected chi connectivity index (χ1v) is 5.80. The van der Waals surface area contributed by atoms with Gasteiger partial charge in [-0.1, -0.05) is 22.8 Å².